The minimum absolute atomic E-state index is 0.363. The fourth-order valence-electron chi connectivity index (χ4n) is 3.32. The molecule has 0 aliphatic carbocycles. The van der Waals surface area contributed by atoms with E-state index in [9.17, 15) is 65.9 Å². The lowest BCUT2D eigenvalue weighted by Crippen LogP contribution is -2.22. The normalized spacial score (nSPS) is 19.4. The highest BCUT2D eigenvalue weighted by atomic mass is 31.3. The van der Waals surface area contributed by atoms with Gasteiger partial charge in [0.15, 0.2) is 33.0 Å². The van der Waals surface area contributed by atoms with Gasteiger partial charge in [-0.2, -0.15) is 65.9 Å². The molecule has 1 aliphatic rings. The molecular weight excluding hydrogens is 804 g/mol. The van der Waals surface area contributed by atoms with Crippen LogP contribution >= 0.6 is 23.0 Å². The second kappa shape index (κ2) is 15.8. The maximum absolute atomic E-state index is 13.4. The van der Waals surface area contributed by atoms with Gasteiger partial charge in [0.1, 0.15) is 5.75 Å². The van der Waals surface area contributed by atoms with Gasteiger partial charge in [-0.15, -0.1) is 13.5 Å². The Hall–Kier alpha value is -2.58. The Labute approximate surface area is 277 Å². The summed E-state index contributed by atoms with van der Waals surface area (Å²) in [7, 11) is -18.0. The molecule has 0 radical (unpaired) electrons. The van der Waals surface area contributed by atoms with Gasteiger partial charge in [0.25, 0.3) is 0 Å². The number of hydrogen-bond acceptors (Lipinski definition) is 9. The second-order valence-electron chi connectivity index (χ2n) is 9.62. The zero-order valence-electron chi connectivity index (χ0n) is 24.7. The molecule has 0 bridgehead atoms. The molecule has 3 rings (SSSR count). The minimum Gasteiger partial charge on any atom is -0.422 e. The van der Waals surface area contributed by atoms with Crippen LogP contribution in [0.5, 0.6) is 5.75 Å². The van der Waals surface area contributed by atoms with Crippen molar-refractivity contribution in [3.8, 4) is 16.9 Å². The number of hydrogen-bond donors (Lipinski definition) is 0. The largest absolute Gasteiger partial charge is 0.422 e. The average Bonchev–Trinajstić information content (AvgIpc) is 2.99. The van der Waals surface area contributed by atoms with Crippen molar-refractivity contribution in [2.75, 3.05) is 33.0 Å². The first-order valence-corrected chi connectivity index (χ1v) is 17.7. The van der Waals surface area contributed by atoms with Crippen LogP contribution in [-0.4, -0.2) is 63.9 Å². The molecule has 0 saturated heterocycles. The summed E-state index contributed by atoms with van der Waals surface area (Å²) in [6, 6.07) is 10.7. The van der Waals surface area contributed by atoms with Gasteiger partial charge in [-0.25, -0.2) is 0 Å². The Balaban J connectivity index is 2.37. The Morgan fingerprint density at radius 1 is 0.451 bits per heavy atom. The van der Waals surface area contributed by atoms with Gasteiger partial charge >= 0.3 is 53.9 Å². The smallest absolute Gasteiger partial charge is 0.412 e. The maximum Gasteiger partial charge on any atom is 0.412 e. The maximum atomic E-state index is 13.4. The van der Waals surface area contributed by atoms with E-state index in [0.29, 0.717) is 16.7 Å². The molecule has 1 atom stereocenters. The third kappa shape index (κ3) is 14.8. The van der Waals surface area contributed by atoms with Crippen LogP contribution in [-0.2, 0) is 22.6 Å². The molecule has 27 heteroatoms. The summed E-state index contributed by atoms with van der Waals surface area (Å²) in [5, 5.41) is 0. The molecule has 0 N–H and O–H groups in total. The molecule has 0 aromatic heterocycles. The van der Waals surface area contributed by atoms with Crippen molar-refractivity contribution in [2.24, 2.45) is 13.5 Å². The summed E-state index contributed by atoms with van der Waals surface area (Å²) in [5.41, 5.74) is 1.56. The van der Waals surface area contributed by atoms with Crippen LogP contribution in [0.3, 0.4) is 0 Å². The molecule has 1 heterocycles. The first-order valence-electron chi connectivity index (χ1n) is 13.1. The summed E-state index contributed by atoms with van der Waals surface area (Å²) in [5.74, 6) is -0.708. The predicted molar refractivity (Wildman–Crippen MR) is 151 cm³/mol. The van der Waals surface area contributed by atoms with E-state index in [2.05, 4.69) is 42.7 Å². The lowest BCUT2D eigenvalue weighted by molar-refractivity contribution is -0.163. The zero-order chi connectivity index (χ0) is 38.6. The molecule has 288 valence electrons. The van der Waals surface area contributed by atoms with E-state index in [4.69, 9.17) is 4.52 Å². The monoisotopic (exact) mass is 825 g/mol. The molecule has 9 nitrogen and oxygen atoms in total. The highest BCUT2D eigenvalue weighted by Crippen LogP contribution is 2.80. The van der Waals surface area contributed by atoms with E-state index in [0.717, 1.165) is 12.1 Å². The molecule has 0 saturated carbocycles. The van der Waals surface area contributed by atoms with Crippen molar-refractivity contribution in [3.63, 3.8) is 0 Å². The number of halogens is 15. The highest BCUT2D eigenvalue weighted by Gasteiger charge is 2.50. The fourth-order valence-corrected chi connectivity index (χ4v) is 12.7. The fraction of sp³-hybridized carbons (Fsp3) is 0.417. The summed E-state index contributed by atoms with van der Waals surface area (Å²) in [6.45, 7) is -9.83. The van der Waals surface area contributed by atoms with Gasteiger partial charge in [-0.05, 0) is 28.8 Å². The lowest BCUT2D eigenvalue weighted by Gasteiger charge is -2.33. The van der Waals surface area contributed by atoms with E-state index in [1.165, 1.54) is 18.2 Å². The molecule has 2 aromatic rings. The Kier molecular flexibility index (Phi) is 13.3. The van der Waals surface area contributed by atoms with Crippen LogP contribution in [0.4, 0.5) is 65.9 Å². The lowest BCUT2D eigenvalue weighted by atomic mass is 10.0. The van der Waals surface area contributed by atoms with Crippen molar-refractivity contribution in [1.29, 1.82) is 0 Å². The minimum atomic E-state index is -6.07. The molecule has 51 heavy (non-hydrogen) atoms. The third-order valence-electron chi connectivity index (χ3n) is 5.22. The zero-order valence-corrected chi connectivity index (χ0v) is 27.4. The average molecular weight is 825 g/mol. The van der Waals surface area contributed by atoms with Gasteiger partial charge in [-0.3, -0.25) is 22.6 Å². The summed E-state index contributed by atoms with van der Waals surface area (Å²) >= 11 is 0. The summed E-state index contributed by atoms with van der Waals surface area (Å²) in [6.07, 6.45) is -26.1. The van der Waals surface area contributed by atoms with Crippen molar-refractivity contribution >= 4 is 29.1 Å². The molecule has 0 spiro atoms. The van der Waals surface area contributed by atoms with Gasteiger partial charge < -0.3 is 4.52 Å². The number of benzene rings is 2. The Bertz CT molecular complexity index is 1590. The SMILES string of the molecule is C=Cc1ccc(-c2ccc(OP3(OCC(F)(F)F)=NP(OCC(F)(F)F)(OCC(F)(F)F)=NP(OCC(F)(F)F)(OCC(F)(F)F)=N3)cc2)cc1. The van der Waals surface area contributed by atoms with Crippen molar-refractivity contribution in [1.82, 2.24) is 0 Å². The van der Waals surface area contributed by atoms with E-state index < -0.39 is 92.6 Å². The predicted octanol–water partition coefficient (Wildman–Crippen LogP) is 12.1. The standard InChI is InChI=1S/C24H21F15N3O6P3/c1-2-16-3-5-17(6-4-16)18-7-9-19(10-8-18)48-51(47-15-24(37,38)39)41-49(43-11-20(25,26)27,44-12-21(28,29)30)40-50(42-51,45-13-22(31,32)33)46-14-23(34,35)36/h2-10H,1,11-15H2. The van der Waals surface area contributed by atoms with Crippen LogP contribution in [0.25, 0.3) is 17.2 Å². The van der Waals surface area contributed by atoms with E-state index in [1.807, 2.05) is 0 Å². The Morgan fingerprint density at radius 2 is 0.725 bits per heavy atom. The van der Waals surface area contributed by atoms with Crippen LogP contribution in [0.15, 0.2) is 68.7 Å². The van der Waals surface area contributed by atoms with Gasteiger partial charge in [0.05, 0.1) is 0 Å². The molecule has 2 aromatic carbocycles. The molecular formula is C24H21F15N3O6P3. The Morgan fingerprint density at radius 3 is 1.04 bits per heavy atom. The first-order chi connectivity index (χ1) is 23.1. The topological polar surface area (TPSA) is 92.5 Å². The van der Waals surface area contributed by atoms with Crippen molar-refractivity contribution in [2.45, 2.75) is 30.9 Å². The highest BCUT2D eigenvalue weighted by molar-refractivity contribution is 7.78. The quantitative estimate of drug-likeness (QED) is 0.139. The van der Waals surface area contributed by atoms with Crippen LogP contribution in [0, 0.1) is 0 Å². The number of nitrogens with zero attached hydrogens (tertiary/aromatic N) is 3. The van der Waals surface area contributed by atoms with Gasteiger partial charge in [-0.1, -0.05) is 49.1 Å². The van der Waals surface area contributed by atoms with E-state index in [-0.39, 0.29) is 0 Å². The van der Waals surface area contributed by atoms with Crippen LogP contribution < -0.4 is 4.52 Å². The third-order valence-corrected chi connectivity index (χ3v) is 13.4. The first kappa shape index (κ1) is 42.8. The number of alkyl halides is 15. The molecule has 0 amide bonds. The second-order valence-corrected chi connectivity index (χ2v) is 16.2. The summed E-state index contributed by atoms with van der Waals surface area (Å²) < 4.78 is 236. The van der Waals surface area contributed by atoms with Gasteiger partial charge in [0, 0.05) is 0 Å². The molecule has 1 aliphatic heterocycles. The van der Waals surface area contributed by atoms with Crippen LogP contribution in [0.2, 0.25) is 0 Å². The van der Waals surface area contributed by atoms with E-state index >= 15 is 0 Å². The van der Waals surface area contributed by atoms with Crippen LogP contribution in [0.1, 0.15) is 5.56 Å². The van der Waals surface area contributed by atoms with Crippen molar-refractivity contribution in [3.05, 3.63) is 60.7 Å². The van der Waals surface area contributed by atoms with Crippen molar-refractivity contribution < 1.29 is 93.0 Å². The molecule has 1 unspecified atom stereocenters. The van der Waals surface area contributed by atoms with E-state index in [1.54, 1.807) is 24.3 Å². The number of rotatable bonds is 14. The molecule has 0 fully saturated rings. The summed E-state index contributed by atoms with van der Waals surface area (Å²) in [4.78, 5) is 0. The van der Waals surface area contributed by atoms with Gasteiger partial charge in [0.2, 0.25) is 0 Å².